The minimum atomic E-state index is -0.682. The molecule has 0 radical (unpaired) electrons. The fraction of sp³-hybridized carbons (Fsp3) is 0.500. The number of carbonyl (C=O) groups excluding carboxylic acids is 1. The third-order valence-corrected chi connectivity index (χ3v) is 3.49. The summed E-state index contributed by atoms with van der Waals surface area (Å²) in [5.74, 6) is -1.37. The number of amidine groups is 1. The predicted octanol–water partition coefficient (Wildman–Crippen LogP) is 2.65. The second-order valence-corrected chi connectivity index (χ2v) is 6.50. The van der Waals surface area contributed by atoms with E-state index in [0.29, 0.717) is 26.2 Å². The first-order chi connectivity index (χ1) is 11.2. The molecule has 8 heteroatoms. The number of oxime groups is 1. The molecule has 0 saturated carbocycles. The van der Waals surface area contributed by atoms with E-state index in [1.807, 2.05) is 0 Å². The standard InChI is InChI=1S/C16H21F2N3O3/c1-16(2,3)24-15(22)21-8-6-20(7-9-21)14(19-23)12-10-11(17)4-5-13(12)18/h4-5,10,23H,6-9H2,1-3H3/b19-14-. The lowest BCUT2D eigenvalue weighted by Crippen LogP contribution is -2.52. The van der Waals surface area contributed by atoms with E-state index < -0.39 is 23.3 Å². The monoisotopic (exact) mass is 341 g/mol. The molecule has 1 N–H and O–H groups in total. The number of benzene rings is 1. The van der Waals surface area contributed by atoms with Crippen molar-refractivity contribution in [3.05, 3.63) is 35.4 Å². The first-order valence-electron chi connectivity index (χ1n) is 7.61. The van der Waals surface area contributed by atoms with Crippen LogP contribution in [0.25, 0.3) is 0 Å². The van der Waals surface area contributed by atoms with Crippen LogP contribution in [-0.4, -0.2) is 58.7 Å². The number of hydrogen-bond donors (Lipinski definition) is 1. The van der Waals surface area contributed by atoms with E-state index in [0.717, 1.165) is 18.2 Å². The molecular formula is C16H21F2N3O3. The quantitative estimate of drug-likeness (QED) is 0.369. The Morgan fingerprint density at radius 1 is 1.17 bits per heavy atom. The summed E-state index contributed by atoms with van der Waals surface area (Å²) in [4.78, 5) is 15.1. The predicted molar refractivity (Wildman–Crippen MR) is 84.1 cm³/mol. The van der Waals surface area contributed by atoms with Crippen molar-refractivity contribution in [2.45, 2.75) is 26.4 Å². The number of piperazine rings is 1. The van der Waals surface area contributed by atoms with E-state index in [-0.39, 0.29) is 11.4 Å². The average molecular weight is 341 g/mol. The van der Waals surface area contributed by atoms with Gasteiger partial charge in [0.1, 0.15) is 17.2 Å². The van der Waals surface area contributed by atoms with Gasteiger partial charge >= 0.3 is 6.09 Å². The van der Waals surface area contributed by atoms with Gasteiger partial charge in [0.25, 0.3) is 0 Å². The largest absolute Gasteiger partial charge is 0.444 e. The van der Waals surface area contributed by atoms with Gasteiger partial charge in [0.2, 0.25) is 0 Å². The second kappa shape index (κ2) is 7.02. The highest BCUT2D eigenvalue weighted by Crippen LogP contribution is 2.16. The van der Waals surface area contributed by atoms with Crippen LogP contribution in [0.5, 0.6) is 0 Å². The maximum Gasteiger partial charge on any atom is 0.410 e. The zero-order valence-corrected chi connectivity index (χ0v) is 13.9. The van der Waals surface area contributed by atoms with E-state index in [4.69, 9.17) is 4.74 Å². The Hall–Kier alpha value is -2.38. The molecule has 0 atom stereocenters. The molecule has 0 bridgehead atoms. The van der Waals surface area contributed by atoms with Gasteiger partial charge in [-0.3, -0.25) is 0 Å². The third kappa shape index (κ3) is 4.33. The Kier molecular flexibility index (Phi) is 5.26. The lowest BCUT2D eigenvalue weighted by Gasteiger charge is -2.36. The number of hydrogen-bond acceptors (Lipinski definition) is 4. The Bertz CT molecular complexity index is 636. The lowest BCUT2D eigenvalue weighted by molar-refractivity contribution is 0.0186. The van der Waals surface area contributed by atoms with Gasteiger partial charge in [0.05, 0.1) is 5.56 Å². The van der Waals surface area contributed by atoms with Crippen LogP contribution in [0.4, 0.5) is 13.6 Å². The van der Waals surface area contributed by atoms with Gasteiger partial charge in [-0.1, -0.05) is 5.16 Å². The second-order valence-electron chi connectivity index (χ2n) is 6.50. The highest BCUT2D eigenvalue weighted by Gasteiger charge is 2.28. The van der Waals surface area contributed by atoms with Crippen LogP contribution in [0, 0.1) is 11.6 Å². The van der Waals surface area contributed by atoms with E-state index in [2.05, 4.69) is 5.16 Å². The van der Waals surface area contributed by atoms with Crippen molar-refractivity contribution in [2.24, 2.45) is 5.16 Å². The van der Waals surface area contributed by atoms with Gasteiger partial charge in [-0.25, -0.2) is 13.6 Å². The molecule has 1 aromatic rings. The molecule has 132 valence electrons. The molecule has 0 aliphatic carbocycles. The van der Waals surface area contributed by atoms with Crippen molar-refractivity contribution in [3.63, 3.8) is 0 Å². The molecule has 1 aliphatic heterocycles. The van der Waals surface area contributed by atoms with Crippen molar-refractivity contribution >= 4 is 11.9 Å². The van der Waals surface area contributed by atoms with Crippen molar-refractivity contribution in [1.29, 1.82) is 0 Å². The van der Waals surface area contributed by atoms with Crippen LogP contribution in [0.1, 0.15) is 26.3 Å². The van der Waals surface area contributed by atoms with E-state index in [1.54, 1.807) is 25.7 Å². The molecular weight excluding hydrogens is 320 g/mol. The maximum atomic E-state index is 13.9. The number of nitrogens with zero attached hydrogens (tertiary/aromatic N) is 3. The van der Waals surface area contributed by atoms with E-state index in [1.165, 1.54) is 4.90 Å². The molecule has 0 aromatic heterocycles. The summed E-state index contributed by atoms with van der Waals surface area (Å²) in [6.45, 7) is 6.62. The van der Waals surface area contributed by atoms with Crippen molar-refractivity contribution in [3.8, 4) is 0 Å². The lowest BCUT2D eigenvalue weighted by atomic mass is 10.1. The van der Waals surface area contributed by atoms with Gasteiger partial charge < -0.3 is 19.7 Å². The van der Waals surface area contributed by atoms with Gasteiger partial charge in [-0.05, 0) is 39.0 Å². The Morgan fingerprint density at radius 3 is 2.29 bits per heavy atom. The van der Waals surface area contributed by atoms with Gasteiger partial charge in [0.15, 0.2) is 5.84 Å². The molecule has 1 fully saturated rings. The summed E-state index contributed by atoms with van der Waals surface area (Å²) >= 11 is 0. The topological polar surface area (TPSA) is 65.4 Å². The van der Waals surface area contributed by atoms with Crippen molar-refractivity contribution in [2.75, 3.05) is 26.2 Å². The summed E-state index contributed by atoms with van der Waals surface area (Å²) in [6.07, 6.45) is -0.429. The zero-order valence-electron chi connectivity index (χ0n) is 13.9. The fourth-order valence-electron chi connectivity index (χ4n) is 2.38. The average Bonchev–Trinajstić information content (AvgIpc) is 2.50. The first kappa shape index (κ1) is 18.0. The SMILES string of the molecule is CC(C)(C)OC(=O)N1CCN(/C(=N\O)c2cc(F)ccc2F)CC1. The summed E-state index contributed by atoms with van der Waals surface area (Å²) in [7, 11) is 0. The normalized spacial score (nSPS) is 16.3. The van der Waals surface area contributed by atoms with Crippen LogP contribution >= 0.6 is 0 Å². The van der Waals surface area contributed by atoms with Gasteiger partial charge in [0, 0.05) is 26.2 Å². The van der Waals surface area contributed by atoms with E-state index >= 15 is 0 Å². The summed E-state index contributed by atoms with van der Waals surface area (Å²) in [6, 6.07) is 2.95. The first-order valence-corrected chi connectivity index (χ1v) is 7.61. The minimum absolute atomic E-state index is 0.0594. The maximum absolute atomic E-state index is 13.9. The molecule has 0 unspecified atom stereocenters. The smallest absolute Gasteiger partial charge is 0.410 e. The third-order valence-electron chi connectivity index (χ3n) is 3.49. The molecule has 1 aromatic carbocycles. The number of amides is 1. The van der Waals surface area contributed by atoms with Crippen LogP contribution in [0.2, 0.25) is 0 Å². The Balaban J connectivity index is 2.05. The number of rotatable bonds is 1. The molecule has 24 heavy (non-hydrogen) atoms. The summed E-state index contributed by atoms with van der Waals surface area (Å²) < 4.78 is 32.5. The van der Waals surface area contributed by atoms with Gasteiger partial charge in [-0.2, -0.15) is 0 Å². The van der Waals surface area contributed by atoms with Crippen LogP contribution in [-0.2, 0) is 4.74 Å². The van der Waals surface area contributed by atoms with E-state index in [9.17, 15) is 18.8 Å². The number of halogens is 2. The van der Waals surface area contributed by atoms with Crippen LogP contribution < -0.4 is 0 Å². The Morgan fingerprint density at radius 2 is 1.75 bits per heavy atom. The highest BCUT2D eigenvalue weighted by atomic mass is 19.1. The molecule has 0 spiro atoms. The highest BCUT2D eigenvalue weighted by molar-refractivity contribution is 5.98. The number of carbonyl (C=O) groups is 1. The molecule has 1 saturated heterocycles. The number of ether oxygens (including phenoxy) is 1. The molecule has 1 heterocycles. The van der Waals surface area contributed by atoms with Gasteiger partial charge in [-0.15, -0.1) is 0 Å². The van der Waals surface area contributed by atoms with Crippen LogP contribution in [0.15, 0.2) is 23.4 Å². The summed E-state index contributed by atoms with van der Waals surface area (Å²) in [5.41, 5.74) is -0.709. The van der Waals surface area contributed by atoms with Crippen molar-refractivity contribution < 1.29 is 23.5 Å². The molecule has 6 nitrogen and oxygen atoms in total. The fourth-order valence-corrected chi connectivity index (χ4v) is 2.38. The molecule has 1 amide bonds. The molecule has 1 aliphatic rings. The van der Waals surface area contributed by atoms with Crippen LogP contribution in [0.3, 0.4) is 0 Å². The zero-order chi connectivity index (χ0) is 17.9. The molecule has 2 rings (SSSR count). The minimum Gasteiger partial charge on any atom is -0.444 e. The Labute approximate surface area is 139 Å². The summed E-state index contributed by atoms with van der Waals surface area (Å²) in [5, 5.41) is 12.3. The van der Waals surface area contributed by atoms with Crippen molar-refractivity contribution in [1.82, 2.24) is 9.80 Å².